The van der Waals surface area contributed by atoms with Gasteiger partial charge in [-0.15, -0.1) is 5.10 Å². The van der Waals surface area contributed by atoms with Gasteiger partial charge >= 0.3 is 0 Å². The highest BCUT2D eigenvalue weighted by Crippen LogP contribution is 2.27. The highest BCUT2D eigenvalue weighted by molar-refractivity contribution is 5.99. The summed E-state index contributed by atoms with van der Waals surface area (Å²) in [6.45, 7) is 3.79. The Kier molecular flexibility index (Phi) is 5.81. The van der Waals surface area contributed by atoms with Gasteiger partial charge in [0.15, 0.2) is 0 Å². The van der Waals surface area contributed by atoms with Crippen molar-refractivity contribution in [3.8, 4) is 17.5 Å². The number of rotatable bonds is 3. The summed E-state index contributed by atoms with van der Waals surface area (Å²) in [6, 6.07) is 7.80. The first-order valence-corrected chi connectivity index (χ1v) is 9.42. The first kappa shape index (κ1) is 19.6. The van der Waals surface area contributed by atoms with E-state index in [0.717, 1.165) is 48.2 Å². The van der Waals surface area contributed by atoms with Crippen LogP contribution in [0.2, 0.25) is 0 Å². The van der Waals surface area contributed by atoms with E-state index < -0.39 is 5.60 Å². The molecule has 0 spiro atoms. The number of hydrogen-bond donors (Lipinski definition) is 3. The number of nitrogens with zero attached hydrogens (tertiary/aromatic N) is 4. The maximum atomic E-state index is 10.5. The summed E-state index contributed by atoms with van der Waals surface area (Å²) in [4.78, 5) is 0. The van der Waals surface area contributed by atoms with E-state index in [2.05, 4.69) is 27.1 Å². The quantitative estimate of drug-likeness (QED) is 0.329. The van der Waals surface area contributed by atoms with E-state index in [0.29, 0.717) is 5.71 Å². The van der Waals surface area contributed by atoms with Crippen LogP contribution in [0.25, 0.3) is 5.69 Å². The van der Waals surface area contributed by atoms with Crippen molar-refractivity contribution >= 4 is 11.7 Å². The fourth-order valence-corrected chi connectivity index (χ4v) is 3.35. The van der Waals surface area contributed by atoms with Crippen LogP contribution in [0, 0.1) is 18.8 Å². The molecular weight excluding hydrogens is 352 g/mol. The number of nitrogens with two attached hydrogens (primary N) is 2. The van der Waals surface area contributed by atoms with Crippen LogP contribution < -0.4 is 11.5 Å². The molecule has 2 aromatic rings. The second-order valence-electron chi connectivity index (χ2n) is 7.15. The summed E-state index contributed by atoms with van der Waals surface area (Å²) in [5, 5.41) is 22.7. The van der Waals surface area contributed by atoms with Crippen molar-refractivity contribution in [3.05, 3.63) is 47.3 Å². The number of hydrogen-bond acceptors (Lipinski definition) is 4. The fourth-order valence-electron chi connectivity index (χ4n) is 3.35. The van der Waals surface area contributed by atoms with Gasteiger partial charge < -0.3 is 16.6 Å². The van der Waals surface area contributed by atoms with Gasteiger partial charge in [-0.1, -0.05) is 18.3 Å². The average molecular weight is 378 g/mol. The second-order valence-corrected chi connectivity index (χ2v) is 7.15. The second kappa shape index (κ2) is 8.28. The van der Waals surface area contributed by atoms with Gasteiger partial charge in [0, 0.05) is 11.1 Å². The molecule has 0 saturated heterocycles. The molecule has 0 radical (unpaired) electrons. The van der Waals surface area contributed by atoms with Gasteiger partial charge in [0.05, 0.1) is 23.3 Å². The van der Waals surface area contributed by atoms with Gasteiger partial charge in [0.1, 0.15) is 5.60 Å². The zero-order valence-corrected chi connectivity index (χ0v) is 16.3. The molecule has 28 heavy (non-hydrogen) atoms. The van der Waals surface area contributed by atoms with Crippen LogP contribution in [-0.2, 0) is 0 Å². The Balaban J connectivity index is 1.79. The summed E-state index contributed by atoms with van der Waals surface area (Å²) in [5.74, 6) is 6.09. The van der Waals surface area contributed by atoms with E-state index in [9.17, 15) is 5.11 Å². The minimum atomic E-state index is -0.837. The standard InChI is InChI=1S/C21H26N6O/c1-15(25-26-20(22)23)19-14-24-27(16(19)2)18-8-6-17(7-9-18)10-13-21(28)11-4-3-5-12-21/h6-9,14,28H,3-5,11-12H2,1-2H3,(H4,22,23,26)/b25-15+. The van der Waals surface area contributed by atoms with Crippen molar-refractivity contribution in [2.45, 2.75) is 51.6 Å². The topological polar surface area (TPSA) is 115 Å². The lowest BCUT2D eigenvalue weighted by molar-refractivity contribution is 0.0610. The molecule has 1 fully saturated rings. The molecule has 1 heterocycles. The molecular formula is C21H26N6O. The van der Waals surface area contributed by atoms with Crippen LogP contribution >= 0.6 is 0 Å². The van der Waals surface area contributed by atoms with Crippen LogP contribution in [-0.4, -0.2) is 32.2 Å². The lowest BCUT2D eigenvalue weighted by Crippen LogP contribution is -2.29. The van der Waals surface area contributed by atoms with E-state index in [4.69, 9.17) is 11.5 Å². The molecule has 1 aromatic heterocycles. The molecule has 7 heteroatoms. The van der Waals surface area contributed by atoms with Crippen LogP contribution in [0.1, 0.15) is 55.8 Å². The van der Waals surface area contributed by atoms with Gasteiger partial charge in [-0.2, -0.15) is 10.2 Å². The van der Waals surface area contributed by atoms with E-state index in [1.807, 2.05) is 42.8 Å². The van der Waals surface area contributed by atoms with E-state index in [1.165, 1.54) is 6.42 Å². The first-order valence-electron chi connectivity index (χ1n) is 9.42. The molecule has 1 aliphatic rings. The van der Waals surface area contributed by atoms with E-state index >= 15 is 0 Å². The normalized spacial score (nSPS) is 16.2. The van der Waals surface area contributed by atoms with Crippen molar-refractivity contribution in [2.24, 2.45) is 21.7 Å². The summed E-state index contributed by atoms with van der Waals surface area (Å²) in [5.41, 5.74) is 14.1. The third-order valence-electron chi connectivity index (χ3n) is 4.95. The molecule has 146 valence electrons. The first-order chi connectivity index (χ1) is 13.4. The predicted octanol–water partition coefficient (Wildman–Crippen LogP) is 2.22. The zero-order valence-electron chi connectivity index (χ0n) is 16.3. The van der Waals surface area contributed by atoms with Crippen LogP contribution in [0.15, 0.2) is 40.7 Å². The Hall–Kier alpha value is -3.11. The van der Waals surface area contributed by atoms with Gasteiger partial charge in [-0.25, -0.2) is 4.68 Å². The van der Waals surface area contributed by atoms with Gasteiger partial charge in [-0.05, 0) is 63.8 Å². The lowest BCUT2D eigenvalue weighted by atomic mass is 9.85. The minimum absolute atomic E-state index is 0.0843. The number of aromatic nitrogens is 2. The highest BCUT2D eigenvalue weighted by Gasteiger charge is 2.26. The average Bonchev–Trinajstić information content (AvgIpc) is 3.07. The molecule has 0 aliphatic heterocycles. The number of benzene rings is 1. The molecule has 1 aliphatic carbocycles. The smallest absolute Gasteiger partial charge is 0.211 e. The van der Waals surface area contributed by atoms with E-state index in [-0.39, 0.29) is 5.96 Å². The Morgan fingerprint density at radius 1 is 1.14 bits per heavy atom. The van der Waals surface area contributed by atoms with Crippen LogP contribution in [0.3, 0.4) is 0 Å². The molecule has 1 saturated carbocycles. The third kappa shape index (κ3) is 4.59. The highest BCUT2D eigenvalue weighted by atomic mass is 16.3. The Morgan fingerprint density at radius 2 is 1.82 bits per heavy atom. The van der Waals surface area contributed by atoms with Crippen molar-refractivity contribution in [3.63, 3.8) is 0 Å². The summed E-state index contributed by atoms with van der Waals surface area (Å²) >= 11 is 0. The van der Waals surface area contributed by atoms with E-state index in [1.54, 1.807) is 6.20 Å². The molecule has 0 bridgehead atoms. The van der Waals surface area contributed by atoms with Gasteiger partial charge in [0.2, 0.25) is 5.96 Å². The third-order valence-corrected chi connectivity index (χ3v) is 4.95. The molecule has 3 rings (SSSR count). The Bertz CT molecular complexity index is 949. The maximum absolute atomic E-state index is 10.5. The van der Waals surface area contributed by atoms with Crippen molar-refractivity contribution < 1.29 is 5.11 Å². The number of guanidine groups is 1. The van der Waals surface area contributed by atoms with Crippen molar-refractivity contribution in [1.29, 1.82) is 0 Å². The molecule has 1 aromatic carbocycles. The summed E-state index contributed by atoms with van der Waals surface area (Å²) in [6.07, 6.45) is 6.51. The maximum Gasteiger partial charge on any atom is 0.211 e. The minimum Gasteiger partial charge on any atom is -0.378 e. The summed E-state index contributed by atoms with van der Waals surface area (Å²) < 4.78 is 1.83. The van der Waals surface area contributed by atoms with Crippen LogP contribution in [0.4, 0.5) is 0 Å². The van der Waals surface area contributed by atoms with Crippen molar-refractivity contribution in [2.75, 3.05) is 0 Å². The molecule has 0 atom stereocenters. The van der Waals surface area contributed by atoms with Gasteiger partial charge in [-0.3, -0.25) is 0 Å². The molecule has 5 N–H and O–H groups in total. The fraction of sp³-hybridized carbons (Fsp3) is 0.381. The lowest BCUT2D eigenvalue weighted by Gasteiger charge is -2.26. The molecule has 0 unspecified atom stereocenters. The monoisotopic (exact) mass is 378 g/mol. The SMILES string of the molecule is C/C(=N\N=C(N)N)c1cnn(-c2ccc(C#CC3(O)CCCCC3)cc2)c1C. The van der Waals surface area contributed by atoms with Crippen molar-refractivity contribution in [1.82, 2.24) is 9.78 Å². The van der Waals surface area contributed by atoms with Crippen LogP contribution in [0.5, 0.6) is 0 Å². The zero-order chi connectivity index (χ0) is 20.1. The largest absolute Gasteiger partial charge is 0.378 e. The molecule has 7 nitrogen and oxygen atoms in total. The summed E-state index contributed by atoms with van der Waals surface area (Å²) in [7, 11) is 0. The van der Waals surface area contributed by atoms with Gasteiger partial charge in [0.25, 0.3) is 0 Å². The molecule has 0 amide bonds. The predicted molar refractivity (Wildman–Crippen MR) is 111 cm³/mol. The Morgan fingerprint density at radius 3 is 2.46 bits per heavy atom. The Labute approximate surface area is 165 Å². The number of aliphatic hydroxyl groups is 1.